The van der Waals surface area contributed by atoms with Crippen molar-refractivity contribution >= 4 is 33.2 Å². The lowest BCUT2D eigenvalue weighted by molar-refractivity contribution is 0.180. The van der Waals surface area contributed by atoms with E-state index < -0.39 is 10.0 Å². The summed E-state index contributed by atoms with van der Waals surface area (Å²) in [5, 5.41) is 10.8. The van der Waals surface area contributed by atoms with E-state index in [-0.39, 0.29) is 9.92 Å². The molecule has 1 N–H and O–H groups in total. The normalized spacial score (nSPS) is 18.4. The van der Waals surface area contributed by atoms with Gasteiger partial charge in [-0.2, -0.15) is 4.31 Å². The Balaban J connectivity index is 1.44. The van der Waals surface area contributed by atoms with Gasteiger partial charge in [0.15, 0.2) is 0 Å². The maximum Gasteiger partial charge on any atom is 0.244 e. The first-order valence-corrected chi connectivity index (χ1v) is 11.6. The number of aromatic hydroxyl groups is 1. The summed E-state index contributed by atoms with van der Waals surface area (Å²) >= 11 is 12.1. The van der Waals surface area contributed by atoms with Crippen LogP contribution >= 0.6 is 23.2 Å². The third kappa shape index (κ3) is 3.89. The van der Waals surface area contributed by atoms with Crippen molar-refractivity contribution in [3.63, 3.8) is 0 Å². The van der Waals surface area contributed by atoms with Gasteiger partial charge in [-0.1, -0.05) is 29.3 Å². The Labute approximate surface area is 175 Å². The molecule has 0 saturated carbocycles. The van der Waals surface area contributed by atoms with E-state index >= 15 is 0 Å². The maximum absolute atomic E-state index is 12.9. The fourth-order valence-electron chi connectivity index (χ4n) is 3.97. The Morgan fingerprint density at radius 3 is 2.36 bits per heavy atom. The summed E-state index contributed by atoms with van der Waals surface area (Å²) in [7, 11) is -3.69. The summed E-state index contributed by atoms with van der Waals surface area (Å²) in [6.07, 6.45) is 3.24. The maximum atomic E-state index is 12.9. The zero-order chi connectivity index (χ0) is 19.9. The zero-order valence-electron chi connectivity index (χ0n) is 15.4. The quantitative estimate of drug-likeness (QED) is 0.786. The van der Waals surface area contributed by atoms with Gasteiger partial charge in [0.1, 0.15) is 10.6 Å². The van der Waals surface area contributed by atoms with Gasteiger partial charge >= 0.3 is 0 Å². The van der Waals surface area contributed by atoms with E-state index in [1.807, 2.05) is 6.07 Å². The van der Waals surface area contributed by atoms with Crippen LogP contribution in [0.3, 0.4) is 0 Å². The van der Waals surface area contributed by atoms with E-state index in [1.165, 1.54) is 27.6 Å². The first-order valence-electron chi connectivity index (χ1n) is 9.36. The highest BCUT2D eigenvalue weighted by Gasteiger charge is 2.30. The molecule has 0 spiro atoms. The van der Waals surface area contributed by atoms with E-state index in [0.29, 0.717) is 43.5 Å². The van der Waals surface area contributed by atoms with Gasteiger partial charge in [-0.3, -0.25) is 4.90 Å². The molecule has 2 aliphatic rings. The second-order valence-corrected chi connectivity index (χ2v) is 10.1. The summed E-state index contributed by atoms with van der Waals surface area (Å²) in [5.41, 5.74) is 3.48. The van der Waals surface area contributed by atoms with Crippen LogP contribution in [0.25, 0.3) is 0 Å². The van der Waals surface area contributed by atoms with Crippen LogP contribution in [0.4, 0.5) is 0 Å². The summed E-state index contributed by atoms with van der Waals surface area (Å²) < 4.78 is 27.3. The Morgan fingerprint density at radius 2 is 1.64 bits per heavy atom. The van der Waals surface area contributed by atoms with Crippen molar-refractivity contribution < 1.29 is 13.5 Å². The minimum absolute atomic E-state index is 0.0476. The molecule has 0 atom stereocenters. The van der Waals surface area contributed by atoms with Crippen LogP contribution in [0.2, 0.25) is 10.0 Å². The number of piperazine rings is 1. The predicted molar refractivity (Wildman–Crippen MR) is 111 cm³/mol. The number of nitrogens with zero attached hydrogens (tertiary/aromatic N) is 2. The molecule has 1 saturated heterocycles. The van der Waals surface area contributed by atoms with Crippen molar-refractivity contribution in [1.82, 2.24) is 9.21 Å². The minimum Gasteiger partial charge on any atom is -0.508 e. The number of hydrogen-bond acceptors (Lipinski definition) is 4. The fraction of sp³-hybridized carbons (Fsp3) is 0.400. The third-order valence-corrected chi connectivity index (χ3v) is 8.14. The Morgan fingerprint density at radius 1 is 0.964 bits per heavy atom. The second kappa shape index (κ2) is 7.84. The molecule has 0 radical (unpaired) electrons. The molecule has 28 heavy (non-hydrogen) atoms. The van der Waals surface area contributed by atoms with E-state index in [2.05, 4.69) is 11.0 Å². The lowest BCUT2D eigenvalue weighted by atomic mass is 10.0. The van der Waals surface area contributed by atoms with Crippen molar-refractivity contribution in [2.75, 3.05) is 26.2 Å². The van der Waals surface area contributed by atoms with Crippen LogP contribution in [0.1, 0.15) is 23.1 Å². The highest BCUT2D eigenvalue weighted by molar-refractivity contribution is 7.89. The first-order chi connectivity index (χ1) is 13.3. The number of rotatable bonds is 4. The van der Waals surface area contributed by atoms with Crippen molar-refractivity contribution in [3.05, 3.63) is 57.1 Å². The molecule has 2 aromatic rings. The highest BCUT2D eigenvalue weighted by Crippen LogP contribution is 2.31. The Bertz CT molecular complexity index is 1000. The lowest BCUT2D eigenvalue weighted by Crippen LogP contribution is -2.48. The number of fused-ring (bicyclic) bond motifs is 1. The Hall–Kier alpha value is -1.31. The molecule has 5 nitrogen and oxygen atoms in total. The third-order valence-electron chi connectivity index (χ3n) is 5.53. The summed E-state index contributed by atoms with van der Waals surface area (Å²) in [5.74, 6) is 0.335. The molecule has 2 aromatic carbocycles. The molecule has 0 aromatic heterocycles. The average Bonchev–Trinajstić information content (AvgIpc) is 3.11. The van der Waals surface area contributed by atoms with Gasteiger partial charge in [-0.25, -0.2) is 8.42 Å². The number of aryl methyl sites for hydroxylation is 2. The minimum atomic E-state index is -3.69. The number of hydrogen-bond donors (Lipinski definition) is 1. The largest absolute Gasteiger partial charge is 0.508 e. The average molecular weight is 441 g/mol. The van der Waals surface area contributed by atoms with Gasteiger partial charge in [0.05, 0.1) is 5.02 Å². The first kappa shape index (κ1) is 20.0. The molecule has 1 heterocycles. The molecule has 0 bridgehead atoms. The van der Waals surface area contributed by atoms with Crippen LogP contribution in [-0.2, 0) is 29.4 Å². The molecular weight excluding hydrogens is 419 g/mol. The monoisotopic (exact) mass is 440 g/mol. The standard InChI is InChI=1S/C20H22Cl2N2O3S/c21-17-4-5-18(22)20(12-17)28(26,27)24-8-6-23(7-9-24)13-16-10-14-2-1-3-15(14)11-19(16)25/h4-5,10-12,25H,1-3,6-9,13H2. The van der Waals surface area contributed by atoms with Gasteiger partial charge in [-0.05, 0) is 54.7 Å². The lowest BCUT2D eigenvalue weighted by Gasteiger charge is -2.34. The molecule has 8 heteroatoms. The van der Waals surface area contributed by atoms with Crippen LogP contribution in [0, 0.1) is 0 Å². The SMILES string of the molecule is O=S(=O)(c1cc(Cl)ccc1Cl)N1CCN(Cc2cc3c(cc2O)CCC3)CC1. The molecule has 1 aliphatic carbocycles. The Kier molecular flexibility index (Phi) is 5.60. The number of benzene rings is 2. The van der Waals surface area contributed by atoms with Gasteiger partial charge in [0.25, 0.3) is 0 Å². The summed E-state index contributed by atoms with van der Waals surface area (Å²) in [4.78, 5) is 2.22. The molecule has 4 rings (SSSR count). The van der Waals surface area contributed by atoms with E-state index in [4.69, 9.17) is 23.2 Å². The van der Waals surface area contributed by atoms with Gasteiger partial charge in [0, 0.05) is 43.3 Å². The van der Waals surface area contributed by atoms with Crippen molar-refractivity contribution in [2.24, 2.45) is 0 Å². The van der Waals surface area contributed by atoms with Crippen molar-refractivity contribution in [2.45, 2.75) is 30.7 Å². The van der Waals surface area contributed by atoms with Crippen LogP contribution in [0.5, 0.6) is 5.75 Å². The van der Waals surface area contributed by atoms with Crippen LogP contribution in [0.15, 0.2) is 35.2 Å². The van der Waals surface area contributed by atoms with Gasteiger partial charge in [0.2, 0.25) is 10.0 Å². The van der Waals surface area contributed by atoms with E-state index in [1.54, 1.807) is 6.07 Å². The van der Waals surface area contributed by atoms with Crippen LogP contribution in [-0.4, -0.2) is 48.9 Å². The fourth-order valence-corrected chi connectivity index (χ4v) is 6.13. The van der Waals surface area contributed by atoms with Gasteiger partial charge in [-0.15, -0.1) is 0 Å². The molecule has 0 amide bonds. The molecule has 1 fully saturated rings. The van der Waals surface area contributed by atoms with Gasteiger partial charge < -0.3 is 5.11 Å². The topological polar surface area (TPSA) is 60.9 Å². The van der Waals surface area contributed by atoms with Crippen molar-refractivity contribution in [3.8, 4) is 5.75 Å². The second-order valence-electron chi connectivity index (χ2n) is 7.36. The summed E-state index contributed by atoms with van der Waals surface area (Å²) in [6.45, 7) is 2.54. The smallest absolute Gasteiger partial charge is 0.244 e. The molecule has 1 aliphatic heterocycles. The molecular formula is C20H22Cl2N2O3S. The van der Waals surface area contributed by atoms with E-state index in [9.17, 15) is 13.5 Å². The molecule has 0 unspecified atom stereocenters. The predicted octanol–water partition coefficient (Wildman–Crippen LogP) is 3.69. The number of phenolic OH excluding ortho intramolecular Hbond substituents is 1. The number of halogens is 2. The van der Waals surface area contributed by atoms with Crippen molar-refractivity contribution in [1.29, 1.82) is 0 Å². The number of sulfonamides is 1. The summed E-state index contributed by atoms with van der Waals surface area (Å²) in [6, 6.07) is 8.47. The zero-order valence-corrected chi connectivity index (χ0v) is 17.7. The van der Waals surface area contributed by atoms with Crippen LogP contribution < -0.4 is 0 Å². The van der Waals surface area contributed by atoms with E-state index in [0.717, 1.165) is 24.8 Å². The number of phenols is 1. The molecule has 150 valence electrons. The highest BCUT2D eigenvalue weighted by atomic mass is 35.5.